The topological polar surface area (TPSA) is 78.2 Å². The van der Waals surface area contributed by atoms with E-state index in [9.17, 15) is 4.79 Å². The van der Waals surface area contributed by atoms with Crippen molar-refractivity contribution in [2.45, 2.75) is 45.1 Å². The van der Waals surface area contributed by atoms with Gasteiger partial charge in [-0.15, -0.1) is 0 Å². The van der Waals surface area contributed by atoms with Gasteiger partial charge in [0.1, 0.15) is 11.8 Å². The Morgan fingerprint density at radius 2 is 1.92 bits per heavy atom. The molecule has 0 amide bonds. The molecule has 5 rings (SSSR count). The van der Waals surface area contributed by atoms with Crippen molar-refractivity contribution in [1.82, 2.24) is 24.1 Å². The Morgan fingerprint density at radius 3 is 2.62 bits per heavy atom. The molecule has 7 nitrogen and oxygen atoms in total. The first-order valence-electron chi connectivity index (χ1n) is 8.84. The van der Waals surface area contributed by atoms with Gasteiger partial charge in [0.25, 0.3) is 11.4 Å². The molecule has 0 saturated heterocycles. The number of benzene rings is 1. The van der Waals surface area contributed by atoms with Gasteiger partial charge in [-0.1, -0.05) is 24.2 Å². The first-order chi connectivity index (χ1) is 12.5. The molecule has 0 unspecified atom stereocenters. The Balaban J connectivity index is 1.83. The molecular weight excluding hydrogens is 330 g/mol. The zero-order valence-electron chi connectivity index (χ0n) is 14.9. The molecule has 1 fully saturated rings. The summed E-state index contributed by atoms with van der Waals surface area (Å²) in [6.07, 6.45) is 3.77. The molecular formula is C19H19N5O2. The van der Waals surface area contributed by atoms with Crippen molar-refractivity contribution in [3.63, 3.8) is 0 Å². The molecule has 132 valence electrons. The summed E-state index contributed by atoms with van der Waals surface area (Å²) < 4.78 is 9.07. The van der Waals surface area contributed by atoms with Gasteiger partial charge in [0, 0.05) is 11.5 Å². The van der Waals surface area contributed by atoms with E-state index < -0.39 is 0 Å². The van der Waals surface area contributed by atoms with Crippen LogP contribution in [0.15, 0.2) is 39.9 Å². The van der Waals surface area contributed by atoms with Crippen LogP contribution in [-0.2, 0) is 5.41 Å². The summed E-state index contributed by atoms with van der Waals surface area (Å²) in [4.78, 5) is 22.2. The number of hydrogen-bond donors (Lipinski definition) is 0. The van der Waals surface area contributed by atoms with Crippen molar-refractivity contribution < 1.29 is 4.52 Å². The number of rotatable bonds is 3. The zero-order valence-corrected chi connectivity index (χ0v) is 14.9. The minimum absolute atomic E-state index is 0.00211. The number of imidazole rings is 1. The first-order valence-corrected chi connectivity index (χ1v) is 8.84. The number of aromatic nitrogens is 5. The van der Waals surface area contributed by atoms with Gasteiger partial charge in [-0.2, -0.15) is 4.98 Å². The smallest absolute Gasteiger partial charge is 0.279 e. The van der Waals surface area contributed by atoms with Crippen LogP contribution in [0.25, 0.3) is 28.1 Å². The minimum atomic E-state index is -0.108. The lowest BCUT2D eigenvalue weighted by Gasteiger charge is -2.15. The van der Waals surface area contributed by atoms with Crippen LogP contribution in [0.3, 0.4) is 0 Å². The molecule has 0 atom stereocenters. The highest BCUT2D eigenvalue weighted by Crippen LogP contribution is 2.46. The monoisotopic (exact) mass is 349 g/mol. The lowest BCUT2D eigenvalue weighted by Crippen LogP contribution is -2.24. The maximum Gasteiger partial charge on any atom is 0.279 e. The van der Waals surface area contributed by atoms with E-state index in [2.05, 4.69) is 22.0 Å². The Labute approximate surface area is 149 Å². The summed E-state index contributed by atoms with van der Waals surface area (Å²) in [5.41, 5.74) is 2.60. The standard InChI is InChI=1S/C19H19N5O2/c1-11(2)24-13-7-5-4-6-12(13)23-10-20-14(15(23)17(24)25)16-21-18(22-26-16)19(3)8-9-19/h4-7,10-11H,8-9H2,1-3H3. The third kappa shape index (κ3) is 2.00. The predicted molar refractivity (Wildman–Crippen MR) is 97.2 cm³/mol. The minimum Gasteiger partial charge on any atom is -0.332 e. The lowest BCUT2D eigenvalue weighted by atomic mass is 10.1. The molecule has 1 aromatic carbocycles. The fourth-order valence-electron chi connectivity index (χ4n) is 3.48. The lowest BCUT2D eigenvalue weighted by molar-refractivity contribution is 0.415. The maximum atomic E-state index is 13.3. The number of hydrogen-bond acceptors (Lipinski definition) is 5. The highest BCUT2D eigenvalue weighted by Gasteiger charge is 2.43. The Morgan fingerprint density at radius 1 is 1.19 bits per heavy atom. The molecule has 3 heterocycles. The molecule has 0 bridgehead atoms. The van der Waals surface area contributed by atoms with Gasteiger partial charge in [-0.05, 0) is 38.8 Å². The Hall–Kier alpha value is -2.96. The van der Waals surface area contributed by atoms with Crippen LogP contribution in [-0.4, -0.2) is 24.1 Å². The van der Waals surface area contributed by atoms with E-state index in [1.54, 1.807) is 10.9 Å². The van der Waals surface area contributed by atoms with E-state index in [-0.39, 0.29) is 17.0 Å². The third-order valence-corrected chi connectivity index (χ3v) is 5.27. The van der Waals surface area contributed by atoms with Crippen molar-refractivity contribution in [3.05, 3.63) is 46.8 Å². The van der Waals surface area contributed by atoms with Gasteiger partial charge in [0.15, 0.2) is 11.5 Å². The van der Waals surface area contributed by atoms with Gasteiger partial charge in [-0.3, -0.25) is 9.20 Å². The molecule has 1 aliphatic rings. The largest absolute Gasteiger partial charge is 0.332 e. The van der Waals surface area contributed by atoms with Crippen molar-refractivity contribution >= 4 is 16.6 Å². The molecule has 3 aromatic heterocycles. The van der Waals surface area contributed by atoms with Crippen LogP contribution in [0.4, 0.5) is 0 Å². The van der Waals surface area contributed by atoms with Gasteiger partial charge in [-0.25, -0.2) is 4.98 Å². The zero-order chi connectivity index (χ0) is 18.1. The molecule has 7 heteroatoms. The summed E-state index contributed by atoms with van der Waals surface area (Å²) in [5.74, 6) is 0.997. The fourth-order valence-corrected chi connectivity index (χ4v) is 3.48. The Bertz CT molecular complexity index is 1210. The van der Waals surface area contributed by atoms with Crippen molar-refractivity contribution in [2.24, 2.45) is 0 Å². The summed E-state index contributed by atoms with van der Waals surface area (Å²) in [6.45, 7) is 6.12. The maximum absolute atomic E-state index is 13.3. The average molecular weight is 349 g/mol. The SMILES string of the molecule is CC(C)n1c(=O)c2c(-c3nc(C4(C)CC4)no3)ncn2c2ccccc21. The molecule has 1 saturated carbocycles. The second-order valence-corrected chi connectivity index (χ2v) is 7.55. The van der Waals surface area contributed by atoms with Crippen LogP contribution in [0.1, 0.15) is 45.5 Å². The van der Waals surface area contributed by atoms with E-state index in [4.69, 9.17) is 4.52 Å². The fraction of sp³-hybridized carbons (Fsp3) is 0.368. The van der Waals surface area contributed by atoms with Gasteiger partial charge < -0.3 is 9.09 Å². The van der Waals surface area contributed by atoms with Crippen LogP contribution in [0.5, 0.6) is 0 Å². The second-order valence-electron chi connectivity index (χ2n) is 7.55. The summed E-state index contributed by atoms with van der Waals surface area (Å²) in [7, 11) is 0. The third-order valence-electron chi connectivity index (χ3n) is 5.27. The predicted octanol–water partition coefficient (Wildman–Crippen LogP) is 3.33. The van der Waals surface area contributed by atoms with Crippen molar-refractivity contribution in [1.29, 1.82) is 0 Å². The summed E-state index contributed by atoms with van der Waals surface area (Å²) in [5, 5.41) is 4.12. The van der Waals surface area contributed by atoms with E-state index in [1.165, 1.54) is 0 Å². The Kier molecular flexibility index (Phi) is 2.96. The highest BCUT2D eigenvalue weighted by molar-refractivity contribution is 5.83. The number of nitrogens with zero attached hydrogens (tertiary/aromatic N) is 5. The quantitative estimate of drug-likeness (QED) is 0.567. The average Bonchev–Trinajstić information content (AvgIpc) is 3.03. The van der Waals surface area contributed by atoms with E-state index >= 15 is 0 Å². The van der Waals surface area contributed by atoms with Crippen LogP contribution in [0.2, 0.25) is 0 Å². The molecule has 0 radical (unpaired) electrons. The molecule has 0 spiro atoms. The summed E-state index contributed by atoms with van der Waals surface area (Å²) >= 11 is 0. The van der Waals surface area contributed by atoms with Crippen molar-refractivity contribution in [3.8, 4) is 11.6 Å². The normalized spacial score (nSPS) is 16.0. The van der Waals surface area contributed by atoms with Gasteiger partial charge >= 0.3 is 0 Å². The van der Waals surface area contributed by atoms with Gasteiger partial charge in [0.2, 0.25) is 0 Å². The second kappa shape index (κ2) is 5.03. The first kappa shape index (κ1) is 15.3. The van der Waals surface area contributed by atoms with Crippen LogP contribution in [0, 0.1) is 0 Å². The molecule has 4 aromatic rings. The number of fused-ring (bicyclic) bond motifs is 3. The highest BCUT2D eigenvalue weighted by atomic mass is 16.5. The van der Waals surface area contributed by atoms with Crippen molar-refractivity contribution in [2.75, 3.05) is 0 Å². The molecule has 0 N–H and O–H groups in total. The molecule has 0 aliphatic heterocycles. The van der Waals surface area contributed by atoms with E-state index in [0.717, 1.165) is 23.9 Å². The van der Waals surface area contributed by atoms with E-state index in [1.807, 2.05) is 42.5 Å². The summed E-state index contributed by atoms with van der Waals surface area (Å²) in [6, 6.07) is 7.84. The number of para-hydroxylation sites is 2. The molecule has 1 aliphatic carbocycles. The van der Waals surface area contributed by atoms with Gasteiger partial charge in [0.05, 0.1) is 11.0 Å². The molecule has 26 heavy (non-hydrogen) atoms. The van der Waals surface area contributed by atoms with Crippen LogP contribution < -0.4 is 5.56 Å². The van der Waals surface area contributed by atoms with E-state index in [0.29, 0.717) is 22.9 Å². The van der Waals surface area contributed by atoms with Crippen LogP contribution >= 0.6 is 0 Å².